The standard InChI is InChI=1S/C28H39NO5S/c1-8-9-17-29(22(5)27(30)33-18-23-13-11-10-12-14-23)35(31,32)26-20(3)19(2)25-24(21(26)4)15-16-28(6,7)34-25/h10-14,22H,8-9,15-18H2,1-7H3. The van der Waals surface area contributed by atoms with Gasteiger partial charge in [0, 0.05) is 6.54 Å². The Morgan fingerprint density at radius 3 is 2.40 bits per heavy atom. The molecular formula is C28H39NO5S. The second-order valence-corrected chi connectivity index (χ2v) is 11.9. The molecule has 3 rings (SSSR count). The maximum atomic E-state index is 14.1. The number of rotatable bonds is 9. The summed E-state index contributed by atoms with van der Waals surface area (Å²) in [6.07, 6.45) is 3.02. The minimum Gasteiger partial charge on any atom is -0.487 e. The molecule has 0 saturated heterocycles. The molecule has 1 heterocycles. The molecule has 0 bridgehead atoms. The van der Waals surface area contributed by atoms with Gasteiger partial charge in [0.15, 0.2) is 0 Å². The molecule has 2 aromatic rings. The molecule has 1 aliphatic rings. The van der Waals surface area contributed by atoms with Crippen LogP contribution in [0.2, 0.25) is 0 Å². The van der Waals surface area contributed by atoms with E-state index in [1.165, 1.54) is 4.31 Å². The molecule has 0 fully saturated rings. The van der Waals surface area contributed by atoms with E-state index in [0.29, 0.717) is 17.5 Å². The number of carbonyl (C=O) groups is 1. The van der Waals surface area contributed by atoms with Crippen LogP contribution in [0.3, 0.4) is 0 Å². The Labute approximate surface area is 210 Å². The fourth-order valence-corrected chi connectivity index (χ4v) is 6.81. The van der Waals surface area contributed by atoms with Crippen LogP contribution in [0, 0.1) is 20.8 Å². The van der Waals surface area contributed by atoms with Crippen LogP contribution in [0.25, 0.3) is 0 Å². The van der Waals surface area contributed by atoms with Gasteiger partial charge in [-0.1, -0.05) is 43.7 Å². The molecule has 0 amide bonds. The lowest BCUT2D eigenvalue weighted by molar-refractivity contribution is -0.149. The molecule has 6 nitrogen and oxygen atoms in total. The van der Waals surface area contributed by atoms with Gasteiger partial charge in [0.2, 0.25) is 10.0 Å². The van der Waals surface area contributed by atoms with Gasteiger partial charge in [-0.15, -0.1) is 0 Å². The number of hydrogen-bond acceptors (Lipinski definition) is 5. The van der Waals surface area contributed by atoms with Crippen molar-refractivity contribution in [2.75, 3.05) is 6.54 Å². The molecule has 0 aromatic heterocycles. The summed E-state index contributed by atoms with van der Waals surface area (Å²) in [7, 11) is -3.97. The molecule has 0 spiro atoms. The molecule has 192 valence electrons. The molecule has 0 radical (unpaired) electrons. The van der Waals surface area contributed by atoms with Crippen LogP contribution in [0.1, 0.15) is 74.8 Å². The monoisotopic (exact) mass is 501 g/mol. The van der Waals surface area contributed by atoms with Crippen LogP contribution >= 0.6 is 0 Å². The number of fused-ring (bicyclic) bond motifs is 1. The zero-order valence-corrected chi connectivity index (χ0v) is 22.9. The summed E-state index contributed by atoms with van der Waals surface area (Å²) >= 11 is 0. The Bertz CT molecular complexity index is 1170. The summed E-state index contributed by atoms with van der Waals surface area (Å²) in [6, 6.07) is 8.44. The SMILES string of the molecule is CCCCN(C(C)C(=O)OCc1ccccc1)S(=O)(=O)c1c(C)c(C)c2c(c1C)CCC(C)(C)O2. The van der Waals surface area contributed by atoms with E-state index < -0.39 is 22.0 Å². The molecule has 1 unspecified atom stereocenters. The predicted molar refractivity (Wildman–Crippen MR) is 138 cm³/mol. The van der Waals surface area contributed by atoms with E-state index in [2.05, 4.69) is 13.8 Å². The van der Waals surface area contributed by atoms with Crippen molar-refractivity contribution in [3.63, 3.8) is 0 Å². The number of unbranched alkanes of at least 4 members (excludes halogenated alkanes) is 1. The fourth-order valence-electron chi connectivity index (χ4n) is 4.66. The summed E-state index contributed by atoms with van der Waals surface area (Å²) < 4.78 is 41.4. The maximum Gasteiger partial charge on any atom is 0.324 e. The molecule has 0 saturated carbocycles. The Balaban J connectivity index is 1.98. The van der Waals surface area contributed by atoms with Crippen molar-refractivity contribution in [2.24, 2.45) is 0 Å². The van der Waals surface area contributed by atoms with E-state index in [9.17, 15) is 13.2 Å². The van der Waals surface area contributed by atoms with E-state index >= 15 is 0 Å². The fraction of sp³-hybridized carbons (Fsp3) is 0.536. The van der Waals surface area contributed by atoms with Gasteiger partial charge in [-0.25, -0.2) is 8.42 Å². The van der Waals surface area contributed by atoms with Gasteiger partial charge in [0.1, 0.15) is 24.0 Å². The minimum absolute atomic E-state index is 0.106. The van der Waals surface area contributed by atoms with Gasteiger partial charge in [0.05, 0.1) is 4.90 Å². The first-order chi connectivity index (χ1) is 16.4. The van der Waals surface area contributed by atoms with E-state index in [1.54, 1.807) is 6.92 Å². The predicted octanol–water partition coefficient (Wildman–Crippen LogP) is 5.64. The highest BCUT2D eigenvalue weighted by atomic mass is 32.2. The molecular weight excluding hydrogens is 462 g/mol. The second-order valence-electron chi connectivity index (χ2n) is 10.1. The number of carbonyl (C=O) groups excluding carboxylic acids is 1. The van der Waals surface area contributed by atoms with E-state index in [1.807, 2.05) is 58.0 Å². The van der Waals surface area contributed by atoms with Crippen LogP contribution < -0.4 is 4.74 Å². The lowest BCUT2D eigenvalue weighted by Gasteiger charge is -2.36. The molecule has 0 N–H and O–H groups in total. The summed E-state index contributed by atoms with van der Waals surface area (Å²) in [5.74, 6) is 0.245. The minimum atomic E-state index is -3.97. The Kier molecular flexibility index (Phi) is 8.32. The van der Waals surface area contributed by atoms with Crippen molar-refractivity contribution >= 4 is 16.0 Å². The van der Waals surface area contributed by atoms with Crippen molar-refractivity contribution in [3.8, 4) is 5.75 Å². The van der Waals surface area contributed by atoms with E-state index in [4.69, 9.17) is 9.47 Å². The highest BCUT2D eigenvalue weighted by Gasteiger charge is 2.38. The van der Waals surface area contributed by atoms with Gasteiger partial charge < -0.3 is 9.47 Å². The van der Waals surface area contributed by atoms with Crippen LogP contribution in [0.4, 0.5) is 0 Å². The van der Waals surface area contributed by atoms with Gasteiger partial charge in [-0.2, -0.15) is 4.31 Å². The van der Waals surface area contributed by atoms with E-state index in [0.717, 1.165) is 41.7 Å². The van der Waals surface area contributed by atoms with Crippen LogP contribution in [0.5, 0.6) is 5.75 Å². The number of benzene rings is 2. The number of nitrogens with zero attached hydrogens (tertiary/aromatic N) is 1. The highest BCUT2D eigenvalue weighted by molar-refractivity contribution is 7.89. The average molecular weight is 502 g/mol. The largest absolute Gasteiger partial charge is 0.487 e. The van der Waals surface area contributed by atoms with Crippen molar-refractivity contribution in [2.45, 2.75) is 97.3 Å². The third kappa shape index (κ3) is 5.72. The van der Waals surface area contributed by atoms with Crippen molar-refractivity contribution in [3.05, 3.63) is 58.1 Å². The Morgan fingerprint density at radius 1 is 1.11 bits per heavy atom. The molecule has 2 aromatic carbocycles. The summed E-state index contributed by atoms with van der Waals surface area (Å²) in [6.45, 7) is 13.7. The third-order valence-electron chi connectivity index (χ3n) is 6.96. The van der Waals surface area contributed by atoms with Crippen molar-refractivity contribution in [1.82, 2.24) is 4.31 Å². The zero-order valence-electron chi connectivity index (χ0n) is 22.1. The quantitative estimate of drug-likeness (QED) is 0.416. The first-order valence-corrected chi connectivity index (χ1v) is 13.9. The van der Waals surface area contributed by atoms with Gasteiger partial charge >= 0.3 is 5.97 Å². The summed E-state index contributed by atoms with van der Waals surface area (Å²) in [4.78, 5) is 13.3. The Hall–Kier alpha value is -2.38. The molecule has 1 aliphatic heterocycles. The first kappa shape index (κ1) is 27.2. The van der Waals surface area contributed by atoms with Crippen molar-refractivity contribution in [1.29, 1.82) is 0 Å². The Morgan fingerprint density at radius 2 is 1.77 bits per heavy atom. The number of hydrogen-bond donors (Lipinski definition) is 0. The number of esters is 1. The van der Waals surface area contributed by atoms with Crippen LogP contribution in [0.15, 0.2) is 35.2 Å². The maximum absolute atomic E-state index is 14.1. The van der Waals surface area contributed by atoms with Gasteiger partial charge in [0.25, 0.3) is 0 Å². The summed E-state index contributed by atoms with van der Waals surface area (Å²) in [5, 5.41) is 0. The number of ether oxygens (including phenoxy) is 2. The lowest BCUT2D eigenvalue weighted by atomic mass is 9.88. The number of sulfonamides is 1. The average Bonchev–Trinajstić information content (AvgIpc) is 2.81. The zero-order chi connectivity index (χ0) is 26.0. The lowest BCUT2D eigenvalue weighted by Crippen LogP contribution is -2.45. The topological polar surface area (TPSA) is 72.9 Å². The smallest absolute Gasteiger partial charge is 0.324 e. The molecule has 35 heavy (non-hydrogen) atoms. The van der Waals surface area contributed by atoms with Gasteiger partial charge in [-0.05, 0) is 88.6 Å². The molecule has 7 heteroatoms. The first-order valence-electron chi connectivity index (χ1n) is 12.4. The van der Waals surface area contributed by atoms with E-state index in [-0.39, 0.29) is 23.6 Å². The molecule has 0 aliphatic carbocycles. The summed E-state index contributed by atoms with van der Waals surface area (Å²) in [5.41, 5.74) is 3.74. The van der Waals surface area contributed by atoms with Crippen LogP contribution in [-0.4, -0.2) is 36.9 Å². The molecule has 1 atom stereocenters. The van der Waals surface area contributed by atoms with Crippen LogP contribution in [-0.2, 0) is 32.6 Å². The highest BCUT2D eigenvalue weighted by Crippen LogP contribution is 2.43. The normalized spacial score (nSPS) is 15.9. The van der Waals surface area contributed by atoms with Gasteiger partial charge in [-0.3, -0.25) is 4.79 Å². The third-order valence-corrected chi connectivity index (χ3v) is 9.21. The van der Waals surface area contributed by atoms with Crippen molar-refractivity contribution < 1.29 is 22.7 Å². The second kappa shape index (κ2) is 10.7.